The number of nitrogens with two attached hydrogens (primary N) is 2. The van der Waals surface area contributed by atoms with Gasteiger partial charge in [-0.2, -0.15) is 12.6 Å². The fourth-order valence-electron chi connectivity index (χ4n) is 1.54. The summed E-state index contributed by atoms with van der Waals surface area (Å²) in [7, 11) is 0. The number of aliphatic carboxylic acids is 1. The molecule has 0 aromatic carbocycles. The van der Waals surface area contributed by atoms with Crippen molar-refractivity contribution < 1.29 is 29.4 Å². The van der Waals surface area contributed by atoms with Crippen LogP contribution in [0.5, 0.6) is 0 Å². The van der Waals surface area contributed by atoms with Gasteiger partial charge in [-0.3, -0.25) is 14.4 Å². The first kappa shape index (κ1) is 21.1. The fraction of sp³-hybridized carbons (Fsp3) is 0.667. The van der Waals surface area contributed by atoms with E-state index in [1.807, 2.05) is 0 Å². The van der Waals surface area contributed by atoms with Crippen LogP contribution in [0.25, 0.3) is 0 Å². The summed E-state index contributed by atoms with van der Waals surface area (Å²) in [6, 6.07) is -3.72. The summed E-state index contributed by atoms with van der Waals surface area (Å²) >= 11 is 3.91. The van der Waals surface area contributed by atoms with Crippen LogP contribution in [0, 0.1) is 0 Å². The number of amides is 3. The summed E-state index contributed by atoms with van der Waals surface area (Å²) in [6.45, 7) is 1.20. The number of aliphatic hydroxyl groups is 1. The molecular weight excluding hydrogens is 328 g/mol. The van der Waals surface area contributed by atoms with Gasteiger partial charge in [-0.1, -0.05) is 0 Å². The smallest absolute Gasteiger partial charge is 0.328 e. The van der Waals surface area contributed by atoms with E-state index in [-0.39, 0.29) is 18.6 Å². The molecule has 0 rings (SSSR count). The monoisotopic (exact) mass is 350 g/mol. The Bertz CT molecular complexity index is 459. The van der Waals surface area contributed by atoms with Crippen LogP contribution in [-0.2, 0) is 19.2 Å². The zero-order valence-electron chi connectivity index (χ0n) is 12.6. The Kier molecular flexibility index (Phi) is 9.22. The number of carboxylic acid groups (broad SMARTS) is 1. The number of thiol groups is 1. The summed E-state index contributed by atoms with van der Waals surface area (Å²) in [4.78, 5) is 45.3. The minimum absolute atomic E-state index is 0.00744. The average molecular weight is 350 g/mol. The Balaban J connectivity index is 4.69. The SMILES string of the molecule is CC(O)C(NC(=O)C(CS)NC(=O)C(N)CCC(N)=O)C(=O)O. The number of nitrogens with one attached hydrogen (secondary N) is 2. The number of aliphatic hydroxyl groups excluding tert-OH is 1. The first-order valence-electron chi connectivity index (χ1n) is 6.76. The standard InChI is InChI=1S/C12H22N4O6S/c1-5(17)9(12(21)22)16-11(20)7(4-23)15-10(19)6(13)2-3-8(14)18/h5-7,9,17,23H,2-4,13H2,1H3,(H2,14,18)(H,15,19)(H,16,20)(H,21,22). The highest BCUT2D eigenvalue weighted by molar-refractivity contribution is 7.80. The second-order valence-electron chi connectivity index (χ2n) is 4.92. The van der Waals surface area contributed by atoms with Crippen molar-refractivity contribution in [1.29, 1.82) is 0 Å². The number of carbonyl (C=O) groups excluding carboxylic acids is 3. The van der Waals surface area contributed by atoms with E-state index in [0.29, 0.717) is 0 Å². The van der Waals surface area contributed by atoms with Gasteiger partial charge in [-0.25, -0.2) is 4.79 Å². The quantitative estimate of drug-likeness (QED) is 0.204. The number of carbonyl (C=O) groups is 4. The van der Waals surface area contributed by atoms with Crippen molar-refractivity contribution in [1.82, 2.24) is 10.6 Å². The molecule has 0 aliphatic heterocycles. The molecule has 0 aliphatic carbocycles. The van der Waals surface area contributed by atoms with E-state index in [9.17, 15) is 24.3 Å². The number of primary amides is 1. The lowest BCUT2D eigenvalue weighted by atomic mass is 10.1. The van der Waals surface area contributed by atoms with Crippen molar-refractivity contribution in [2.45, 2.75) is 44.0 Å². The summed E-state index contributed by atoms with van der Waals surface area (Å²) in [5, 5.41) is 22.6. The van der Waals surface area contributed by atoms with Crippen molar-refractivity contribution >= 4 is 36.3 Å². The molecule has 0 aromatic rings. The molecule has 4 unspecified atom stereocenters. The normalized spacial score (nSPS) is 15.8. The van der Waals surface area contributed by atoms with Gasteiger partial charge in [0, 0.05) is 12.2 Å². The van der Waals surface area contributed by atoms with Crippen molar-refractivity contribution in [2.24, 2.45) is 11.5 Å². The van der Waals surface area contributed by atoms with Crippen LogP contribution in [0.15, 0.2) is 0 Å². The summed E-state index contributed by atoms with van der Waals surface area (Å²) in [5.41, 5.74) is 10.5. The second-order valence-corrected chi connectivity index (χ2v) is 5.29. The number of carboxylic acids is 1. The molecule has 0 saturated carbocycles. The molecule has 4 atom stereocenters. The minimum atomic E-state index is -1.52. The molecule has 0 heterocycles. The molecule has 10 nitrogen and oxygen atoms in total. The van der Waals surface area contributed by atoms with Crippen LogP contribution < -0.4 is 22.1 Å². The Morgan fingerprint density at radius 2 is 1.74 bits per heavy atom. The van der Waals surface area contributed by atoms with Crippen LogP contribution >= 0.6 is 12.6 Å². The third kappa shape index (κ3) is 7.81. The van der Waals surface area contributed by atoms with Crippen LogP contribution in [0.3, 0.4) is 0 Å². The average Bonchev–Trinajstić information content (AvgIpc) is 2.46. The van der Waals surface area contributed by atoms with Gasteiger partial charge in [-0.15, -0.1) is 0 Å². The highest BCUT2D eigenvalue weighted by Crippen LogP contribution is 1.99. The van der Waals surface area contributed by atoms with Crippen LogP contribution in [0.4, 0.5) is 0 Å². The predicted molar refractivity (Wildman–Crippen MR) is 83.4 cm³/mol. The maximum absolute atomic E-state index is 12.0. The molecule has 0 bridgehead atoms. The Hall–Kier alpha value is -1.85. The van der Waals surface area contributed by atoms with Gasteiger partial charge >= 0.3 is 5.97 Å². The highest BCUT2D eigenvalue weighted by Gasteiger charge is 2.29. The molecule has 8 N–H and O–H groups in total. The predicted octanol–water partition coefficient (Wildman–Crippen LogP) is -3.06. The zero-order chi connectivity index (χ0) is 18.2. The van der Waals surface area contributed by atoms with E-state index in [0.717, 1.165) is 0 Å². The van der Waals surface area contributed by atoms with E-state index < -0.39 is 47.9 Å². The Morgan fingerprint density at radius 3 is 2.13 bits per heavy atom. The first-order valence-corrected chi connectivity index (χ1v) is 7.39. The van der Waals surface area contributed by atoms with Gasteiger partial charge in [-0.05, 0) is 13.3 Å². The molecular formula is C12H22N4O6S. The van der Waals surface area contributed by atoms with Crippen molar-refractivity contribution in [3.63, 3.8) is 0 Å². The third-order valence-corrected chi connectivity index (χ3v) is 3.27. The van der Waals surface area contributed by atoms with Gasteiger partial charge in [0.2, 0.25) is 17.7 Å². The van der Waals surface area contributed by atoms with Crippen LogP contribution in [-0.4, -0.2) is 63.9 Å². The third-order valence-electron chi connectivity index (χ3n) is 2.90. The number of hydrogen-bond acceptors (Lipinski definition) is 7. The molecule has 0 saturated heterocycles. The van der Waals surface area contributed by atoms with E-state index in [4.69, 9.17) is 16.6 Å². The molecule has 0 aromatic heterocycles. The molecule has 3 amide bonds. The molecule has 11 heteroatoms. The molecule has 0 radical (unpaired) electrons. The molecule has 132 valence electrons. The van der Waals surface area contributed by atoms with E-state index >= 15 is 0 Å². The van der Waals surface area contributed by atoms with Gasteiger partial charge in [0.05, 0.1) is 12.1 Å². The topological polar surface area (TPSA) is 185 Å². The maximum atomic E-state index is 12.0. The lowest BCUT2D eigenvalue weighted by molar-refractivity contribution is -0.145. The minimum Gasteiger partial charge on any atom is -0.480 e. The maximum Gasteiger partial charge on any atom is 0.328 e. The molecule has 0 aliphatic rings. The lowest BCUT2D eigenvalue weighted by Crippen LogP contribution is -2.57. The Labute approximate surface area is 138 Å². The summed E-state index contributed by atoms with van der Waals surface area (Å²) in [5.74, 6) is -3.69. The summed E-state index contributed by atoms with van der Waals surface area (Å²) in [6.07, 6.45) is -1.41. The van der Waals surface area contributed by atoms with Crippen LogP contribution in [0.1, 0.15) is 19.8 Å². The van der Waals surface area contributed by atoms with E-state index in [1.165, 1.54) is 6.92 Å². The van der Waals surface area contributed by atoms with E-state index in [1.54, 1.807) is 0 Å². The highest BCUT2D eigenvalue weighted by atomic mass is 32.1. The number of rotatable bonds is 10. The van der Waals surface area contributed by atoms with E-state index in [2.05, 4.69) is 23.3 Å². The van der Waals surface area contributed by atoms with Gasteiger partial charge in [0.25, 0.3) is 0 Å². The zero-order valence-corrected chi connectivity index (χ0v) is 13.5. The molecule has 23 heavy (non-hydrogen) atoms. The summed E-state index contributed by atoms with van der Waals surface area (Å²) < 4.78 is 0. The molecule has 0 fully saturated rings. The second kappa shape index (κ2) is 10.0. The van der Waals surface area contributed by atoms with Crippen molar-refractivity contribution in [3.8, 4) is 0 Å². The van der Waals surface area contributed by atoms with Crippen molar-refractivity contribution in [3.05, 3.63) is 0 Å². The van der Waals surface area contributed by atoms with Gasteiger partial charge in [0.15, 0.2) is 6.04 Å². The Morgan fingerprint density at radius 1 is 1.17 bits per heavy atom. The van der Waals surface area contributed by atoms with Crippen molar-refractivity contribution in [2.75, 3.05) is 5.75 Å². The first-order chi connectivity index (χ1) is 10.6. The van der Waals surface area contributed by atoms with Gasteiger partial charge in [0.1, 0.15) is 6.04 Å². The fourth-order valence-corrected chi connectivity index (χ4v) is 1.80. The largest absolute Gasteiger partial charge is 0.480 e. The lowest BCUT2D eigenvalue weighted by Gasteiger charge is -2.22. The van der Waals surface area contributed by atoms with Gasteiger partial charge < -0.3 is 32.3 Å². The number of hydrogen-bond donors (Lipinski definition) is 7. The van der Waals surface area contributed by atoms with Crippen LogP contribution in [0.2, 0.25) is 0 Å². The molecule has 0 spiro atoms.